The van der Waals surface area contributed by atoms with E-state index in [2.05, 4.69) is 25.8 Å². The van der Waals surface area contributed by atoms with Crippen LogP contribution in [0, 0.1) is 0 Å². The van der Waals surface area contributed by atoms with E-state index in [-0.39, 0.29) is 5.56 Å². The van der Waals surface area contributed by atoms with Crippen LogP contribution in [-0.4, -0.2) is 51.0 Å². The minimum atomic E-state index is -0.482. The number of methoxy groups -OCH3 is 1. The molecular formula is C24H24N4O4S2. The van der Waals surface area contributed by atoms with E-state index in [1.165, 1.54) is 29.8 Å². The van der Waals surface area contributed by atoms with Gasteiger partial charge in [0.25, 0.3) is 5.56 Å². The number of esters is 1. The predicted molar refractivity (Wildman–Crippen MR) is 132 cm³/mol. The van der Waals surface area contributed by atoms with Gasteiger partial charge in [-0.2, -0.15) is 8.75 Å². The maximum Gasteiger partial charge on any atom is 0.343 e. The lowest BCUT2D eigenvalue weighted by atomic mass is 10.1. The summed E-state index contributed by atoms with van der Waals surface area (Å²) in [5.41, 5.74) is 3.80. The van der Waals surface area contributed by atoms with Crippen LogP contribution < -0.4 is 10.3 Å². The lowest BCUT2D eigenvalue weighted by Crippen LogP contribution is -2.29. The van der Waals surface area contributed by atoms with Crippen LogP contribution in [0.1, 0.15) is 26.5 Å². The van der Waals surface area contributed by atoms with Crippen LogP contribution in [0.15, 0.2) is 46.6 Å². The molecule has 0 saturated carbocycles. The van der Waals surface area contributed by atoms with E-state index >= 15 is 0 Å². The summed E-state index contributed by atoms with van der Waals surface area (Å²) < 4.78 is 21.3. The summed E-state index contributed by atoms with van der Waals surface area (Å²) in [4.78, 5) is 29.2. The third kappa shape index (κ3) is 4.75. The van der Waals surface area contributed by atoms with E-state index in [0.717, 1.165) is 23.1 Å². The summed E-state index contributed by atoms with van der Waals surface area (Å²) in [5, 5.41) is 2.02. The number of pyridine rings is 1. The van der Waals surface area contributed by atoms with Crippen molar-refractivity contribution in [2.24, 2.45) is 0 Å². The molecular weight excluding hydrogens is 472 g/mol. The highest BCUT2D eigenvalue weighted by Crippen LogP contribution is 2.25. The fraction of sp³-hybridized carbons (Fsp3) is 0.333. The van der Waals surface area contributed by atoms with Gasteiger partial charge >= 0.3 is 5.97 Å². The van der Waals surface area contributed by atoms with Gasteiger partial charge in [0.1, 0.15) is 22.3 Å². The number of rotatable bonds is 7. The van der Waals surface area contributed by atoms with E-state index in [1.54, 1.807) is 15.9 Å². The maximum atomic E-state index is 13.0. The fourth-order valence-electron chi connectivity index (χ4n) is 4.29. The number of thiophene rings is 1. The van der Waals surface area contributed by atoms with E-state index in [4.69, 9.17) is 9.47 Å². The smallest absolute Gasteiger partial charge is 0.343 e. The van der Waals surface area contributed by atoms with Gasteiger partial charge in [-0.15, -0.1) is 11.3 Å². The first-order chi connectivity index (χ1) is 16.6. The molecule has 1 aromatic carbocycles. The van der Waals surface area contributed by atoms with Crippen LogP contribution in [0.4, 0.5) is 0 Å². The van der Waals surface area contributed by atoms with Crippen LogP contribution >= 0.6 is 23.1 Å². The minimum absolute atomic E-state index is 0.161. The van der Waals surface area contributed by atoms with Crippen molar-refractivity contribution in [3.63, 3.8) is 0 Å². The average Bonchev–Trinajstić information content (AvgIpc) is 3.48. The van der Waals surface area contributed by atoms with Gasteiger partial charge < -0.3 is 14.0 Å². The fourth-order valence-corrected chi connectivity index (χ4v) is 5.50. The Balaban J connectivity index is 1.37. The third-order valence-electron chi connectivity index (χ3n) is 5.99. The molecule has 0 amide bonds. The van der Waals surface area contributed by atoms with Crippen molar-refractivity contribution in [1.29, 1.82) is 0 Å². The van der Waals surface area contributed by atoms with Crippen LogP contribution in [0.2, 0.25) is 0 Å². The van der Waals surface area contributed by atoms with E-state index in [0.29, 0.717) is 56.1 Å². The molecule has 176 valence electrons. The standard InChI is InChI=1S/C24H24N4O4S2/c1-31-24(30)23-20-6-8-27(15-16-4-5-18-19(13-16)26-34-25-18)9-10-28(20)22(29)14-21(23)32-11-7-17-3-2-12-33-17/h2-5,12-14H,6-11,15H2,1H3. The van der Waals surface area contributed by atoms with Gasteiger partial charge in [-0.3, -0.25) is 9.69 Å². The topological polar surface area (TPSA) is 86.5 Å². The Morgan fingerprint density at radius 1 is 1.12 bits per heavy atom. The van der Waals surface area contributed by atoms with Crippen LogP contribution in [0.3, 0.4) is 0 Å². The molecule has 1 aliphatic rings. The van der Waals surface area contributed by atoms with Crippen molar-refractivity contribution < 1.29 is 14.3 Å². The summed E-state index contributed by atoms with van der Waals surface area (Å²) in [6, 6.07) is 11.6. The van der Waals surface area contributed by atoms with Crippen LogP contribution in [0.5, 0.6) is 5.75 Å². The lowest BCUT2D eigenvalue weighted by Gasteiger charge is -2.19. The van der Waals surface area contributed by atoms with E-state index in [9.17, 15) is 9.59 Å². The Hall–Kier alpha value is -3.08. The number of ether oxygens (including phenoxy) is 2. The molecule has 0 atom stereocenters. The molecule has 4 heterocycles. The molecule has 0 spiro atoms. The number of fused-ring (bicyclic) bond motifs is 2. The molecule has 5 rings (SSSR count). The second-order valence-electron chi connectivity index (χ2n) is 8.10. The average molecular weight is 497 g/mol. The predicted octanol–water partition coefficient (Wildman–Crippen LogP) is 3.38. The van der Waals surface area contributed by atoms with Crippen LogP contribution in [-0.2, 0) is 30.7 Å². The largest absolute Gasteiger partial charge is 0.492 e. The summed E-state index contributed by atoms with van der Waals surface area (Å²) in [6.45, 7) is 3.00. The van der Waals surface area contributed by atoms with Crippen molar-refractivity contribution in [1.82, 2.24) is 18.2 Å². The first-order valence-corrected chi connectivity index (χ1v) is 12.7. The lowest BCUT2D eigenvalue weighted by molar-refractivity contribution is 0.0593. The quantitative estimate of drug-likeness (QED) is 0.363. The van der Waals surface area contributed by atoms with Crippen molar-refractivity contribution in [3.8, 4) is 5.75 Å². The molecule has 0 aliphatic carbocycles. The van der Waals surface area contributed by atoms with Crippen molar-refractivity contribution >= 4 is 40.1 Å². The highest BCUT2D eigenvalue weighted by molar-refractivity contribution is 7.09. The summed E-state index contributed by atoms with van der Waals surface area (Å²) in [7, 11) is 1.35. The summed E-state index contributed by atoms with van der Waals surface area (Å²) >= 11 is 2.86. The molecule has 0 unspecified atom stereocenters. The van der Waals surface area contributed by atoms with E-state index in [1.807, 2.05) is 23.6 Å². The zero-order valence-corrected chi connectivity index (χ0v) is 20.4. The molecule has 4 aromatic rings. The summed E-state index contributed by atoms with van der Waals surface area (Å²) in [6.07, 6.45) is 1.26. The van der Waals surface area contributed by atoms with E-state index < -0.39 is 5.97 Å². The highest BCUT2D eigenvalue weighted by atomic mass is 32.1. The molecule has 0 radical (unpaired) electrons. The second-order valence-corrected chi connectivity index (χ2v) is 9.66. The molecule has 0 N–H and O–H groups in total. The number of hydrogen-bond donors (Lipinski definition) is 0. The maximum absolute atomic E-state index is 13.0. The van der Waals surface area contributed by atoms with Gasteiger partial charge in [0.2, 0.25) is 0 Å². The molecule has 0 saturated heterocycles. The van der Waals surface area contributed by atoms with Gasteiger partial charge in [-0.1, -0.05) is 12.1 Å². The van der Waals surface area contributed by atoms with Gasteiger partial charge in [-0.05, 0) is 29.1 Å². The summed E-state index contributed by atoms with van der Waals surface area (Å²) in [5.74, 6) is -0.181. The van der Waals surface area contributed by atoms with Crippen molar-refractivity contribution in [2.75, 3.05) is 26.8 Å². The Kier molecular flexibility index (Phi) is 6.70. The first kappa shape index (κ1) is 22.7. The number of carbonyl (C=O) groups is 1. The van der Waals surface area contributed by atoms with Crippen molar-refractivity contribution in [2.45, 2.75) is 25.9 Å². The molecule has 0 fully saturated rings. The molecule has 0 bridgehead atoms. The van der Waals surface area contributed by atoms with Gasteiger partial charge in [-0.25, -0.2) is 4.79 Å². The number of carbonyl (C=O) groups excluding carboxylic acids is 1. The second kappa shape index (κ2) is 10.0. The normalized spacial score (nSPS) is 14.0. The van der Waals surface area contributed by atoms with Crippen LogP contribution in [0.25, 0.3) is 11.0 Å². The van der Waals surface area contributed by atoms with Crippen molar-refractivity contribution in [3.05, 3.63) is 73.8 Å². The molecule has 34 heavy (non-hydrogen) atoms. The molecule has 10 heteroatoms. The minimum Gasteiger partial charge on any atom is -0.492 e. The Morgan fingerprint density at radius 3 is 2.82 bits per heavy atom. The zero-order chi connectivity index (χ0) is 23.5. The molecule has 3 aromatic heterocycles. The van der Waals surface area contributed by atoms with Gasteiger partial charge in [0.15, 0.2) is 0 Å². The highest BCUT2D eigenvalue weighted by Gasteiger charge is 2.26. The number of hydrogen-bond acceptors (Lipinski definition) is 9. The number of aromatic nitrogens is 3. The SMILES string of the molecule is COC(=O)c1c(OCCc2cccs2)cc(=O)n2c1CCN(Cc1ccc3nsnc3c1)CC2. The monoisotopic (exact) mass is 496 g/mol. The van der Waals surface area contributed by atoms with Gasteiger partial charge in [0.05, 0.1) is 25.4 Å². The number of nitrogens with zero attached hydrogens (tertiary/aromatic N) is 4. The molecule has 8 nitrogen and oxygen atoms in total. The molecule has 1 aliphatic heterocycles. The first-order valence-electron chi connectivity index (χ1n) is 11.1. The Morgan fingerprint density at radius 2 is 2.00 bits per heavy atom. The Bertz CT molecular complexity index is 1360. The third-order valence-corrected chi connectivity index (χ3v) is 7.48. The van der Waals surface area contributed by atoms with Gasteiger partial charge in [0, 0.05) is 55.7 Å². The Labute approximate surface area is 204 Å². The number of benzene rings is 1. The zero-order valence-electron chi connectivity index (χ0n) is 18.7.